The summed E-state index contributed by atoms with van der Waals surface area (Å²) in [6.45, 7) is 2.65. The molecule has 0 saturated carbocycles. The lowest BCUT2D eigenvalue weighted by Gasteiger charge is -2.27. The maximum Gasteiger partial charge on any atom is 0.246 e. The second-order valence-electron chi connectivity index (χ2n) is 6.96. The highest BCUT2D eigenvalue weighted by Crippen LogP contribution is 2.33. The Hall–Kier alpha value is -1.63. The van der Waals surface area contributed by atoms with Crippen molar-refractivity contribution in [3.05, 3.63) is 52.4 Å². The predicted octanol–water partition coefficient (Wildman–Crippen LogP) is 4.90. The molecule has 0 aliphatic carbocycles. The van der Waals surface area contributed by atoms with Gasteiger partial charge >= 0.3 is 0 Å². The number of carbonyl (C=O) groups is 1. The van der Waals surface area contributed by atoms with E-state index in [0.29, 0.717) is 18.0 Å². The van der Waals surface area contributed by atoms with Crippen LogP contribution in [0, 0.1) is 0 Å². The van der Waals surface area contributed by atoms with Crippen LogP contribution in [0.3, 0.4) is 0 Å². The highest BCUT2D eigenvalue weighted by Gasteiger charge is 2.33. The average Bonchev–Trinajstić information content (AvgIpc) is 3.27. The van der Waals surface area contributed by atoms with Gasteiger partial charge < -0.3 is 4.90 Å². The molecular weight excluding hydrogens is 414 g/mol. The SMILES string of the molecule is CCCCN(C(=O)/C=C/c1ccc(-c2ccccc2Cl)s1)C1CCS(=O)(=O)C1. The van der Waals surface area contributed by atoms with E-state index in [1.165, 1.54) is 0 Å². The van der Waals surface area contributed by atoms with Crippen LogP contribution in [0.15, 0.2) is 42.5 Å². The molecule has 2 aromatic rings. The van der Waals surface area contributed by atoms with Crippen molar-refractivity contribution in [1.29, 1.82) is 0 Å². The highest BCUT2D eigenvalue weighted by atomic mass is 35.5. The van der Waals surface area contributed by atoms with Crippen LogP contribution < -0.4 is 0 Å². The van der Waals surface area contributed by atoms with Gasteiger partial charge in [0, 0.05) is 39.0 Å². The lowest BCUT2D eigenvalue weighted by molar-refractivity contribution is -0.127. The summed E-state index contributed by atoms with van der Waals surface area (Å²) < 4.78 is 23.6. The summed E-state index contributed by atoms with van der Waals surface area (Å²) in [4.78, 5) is 16.5. The summed E-state index contributed by atoms with van der Waals surface area (Å²) in [5.41, 5.74) is 0.973. The number of nitrogens with zero attached hydrogens (tertiary/aromatic N) is 1. The minimum Gasteiger partial charge on any atom is -0.335 e. The Kier molecular flexibility index (Phi) is 6.96. The average molecular weight is 438 g/mol. The highest BCUT2D eigenvalue weighted by molar-refractivity contribution is 7.91. The van der Waals surface area contributed by atoms with Crippen LogP contribution in [0.2, 0.25) is 5.02 Å². The number of hydrogen-bond acceptors (Lipinski definition) is 4. The molecule has 150 valence electrons. The first kappa shape index (κ1) is 21.1. The third-order valence-electron chi connectivity index (χ3n) is 4.84. The van der Waals surface area contributed by atoms with Gasteiger partial charge in [-0.15, -0.1) is 11.3 Å². The number of rotatable bonds is 7. The van der Waals surface area contributed by atoms with Crippen molar-refractivity contribution in [2.24, 2.45) is 0 Å². The Morgan fingerprint density at radius 1 is 1.29 bits per heavy atom. The zero-order valence-corrected chi connectivity index (χ0v) is 18.2. The van der Waals surface area contributed by atoms with Crippen molar-refractivity contribution in [1.82, 2.24) is 4.90 Å². The first-order chi connectivity index (χ1) is 13.4. The molecule has 4 nitrogen and oxygen atoms in total. The Morgan fingerprint density at radius 2 is 2.07 bits per heavy atom. The number of thiophene rings is 1. The number of carbonyl (C=O) groups excluding carboxylic acids is 1. The minimum absolute atomic E-state index is 0.0753. The van der Waals surface area contributed by atoms with Crippen molar-refractivity contribution in [3.8, 4) is 10.4 Å². The summed E-state index contributed by atoms with van der Waals surface area (Å²) in [6, 6.07) is 11.4. The number of unbranched alkanes of at least 4 members (excludes halogenated alkanes) is 1. The van der Waals surface area contributed by atoms with Crippen LogP contribution in [0.25, 0.3) is 16.5 Å². The predicted molar refractivity (Wildman–Crippen MR) is 117 cm³/mol. The molecule has 1 amide bonds. The molecule has 1 aromatic carbocycles. The van der Waals surface area contributed by atoms with E-state index < -0.39 is 9.84 Å². The second kappa shape index (κ2) is 9.25. The van der Waals surface area contributed by atoms with Gasteiger partial charge in [-0.1, -0.05) is 43.1 Å². The summed E-state index contributed by atoms with van der Waals surface area (Å²) in [7, 11) is -3.03. The van der Waals surface area contributed by atoms with Crippen LogP contribution >= 0.6 is 22.9 Å². The van der Waals surface area contributed by atoms with E-state index in [1.807, 2.05) is 36.4 Å². The van der Waals surface area contributed by atoms with Gasteiger partial charge in [0.15, 0.2) is 9.84 Å². The van der Waals surface area contributed by atoms with Gasteiger partial charge in [-0.05, 0) is 37.1 Å². The summed E-state index contributed by atoms with van der Waals surface area (Å²) in [6.07, 6.45) is 5.71. The summed E-state index contributed by atoms with van der Waals surface area (Å²) in [5, 5.41) is 0.698. The van der Waals surface area contributed by atoms with E-state index in [4.69, 9.17) is 11.6 Å². The monoisotopic (exact) mass is 437 g/mol. The molecule has 1 aliphatic rings. The zero-order valence-electron chi connectivity index (χ0n) is 15.8. The van der Waals surface area contributed by atoms with Crippen molar-refractivity contribution >= 4 is 44.8 Å². The summed E-state index contributed by atoms with van der Waals surface area (Å²) >= 11 is 7.83. The van der Waals surface area contributed by atoms with Crippen molar-refractivity contribution in [2.45, 2.75) is 32.2 Å². The molecule has 0 radical (unpaired) electrons. The molecule has 7 heteroatoms. The minimum atomic E-state index is -3.03. The van der Waals surface area contributed by atoms with E-state index in [0.717, 1.165) is 28.2 Å². The fourth-order valence-corrected chi connectivity index (χ4v) is 6.29. The van der Waals surface area contributed by atoms with Gasteiger partial charge in [0.2, 0.25) is 5.91 Å². The van der Waals surface area contributed by atoms with Gasteiger partial charge in [-0.3, -0.25) is 4.79 Å². The Labute approximate surface area is 175 Å². The van der Waals surface area contributed by atoms with Gasteiger partial charge in [-0.25, -0.2) is 8.42 Å². The molecule has 3 rings (SSSR count). The Bertz CT molecular complexity index is 966. The van der Waals surface area contributed by atoms with Gasteiger partial charge in [-0.2, -0.15) is 0 Å². The first-order valence-corrected chi connectivity index (χ1v) is 12.4. The van der Waals surface area contributed by atoms with Crippen molar-refractivity contribution in [2.75, 3.05) is 18.1 Å². The maximum absolute atomic E-state index is 12.8. The van der Waals surface area contributed by atoms with E-state index in [1.54, 1.807) is 28.4 Å². The van der Waals surface area contributed by atoms with Gasteiger partial charge in [0.1, 0.15) is 0 Å². The molecule has 1 saturated heterocycles. The number of sulfone groups is 1. The molecular formula is C21H24ClNO3S2. The molecule has 1 unspecified atom stereocenters. The van der Waals surface area contributed by atoms with Crippen molar-refractivity contribution in [3.63, 3.8) is 0 Å². The zero-order chi connectivity index (χ0) is 20.1. The van der Waals surface area contributed by atoms with Gasteiger partial charge in [0.05, 0.1) is 11.5 Å². The van der Waals surface area contributed by atoms with E-state index in [9.17, 15) is 13.2 Å². The van der Waals surface area contributed by atoms with E-state index >= 15 is 0 Å². The lowest BCUT2D eigenvalue weighted by Crippen LogP contribution is -2.40. The standard InChI is InChI=1S/C21H24ClNO3S2/c1-2-3-13-23(16-12-14-28(25,26)15-16)21(24)11-9-17-8-10-20(27-17)18-6-4-5-7-19(18)22/h4-11,16H,2-3,12-15H2,1H3/b11-9+. The third-order valence-corrected chi connectivity index (χ3v) is 8.00. The molecule has 0 N–H and O–H groups in total. The topological polar surface area (TPSA) is 54.5 Å². The molecule has 1 aliphatic heterocycles. The fraction of sp³-hybridized carbons (Fsp3) is 0.381. The maximum atomic E-state index is 12.8. The smallest absolute Gasteiger partial charge is 0.246 e. The molecule has 0 spiro atoms. The molecule has 1 atom stereocenters. The van der Waals surface area contributed by atoms with Crippen molar-refractivity contribution < 1.29 is 13.2 Å². The third kappa shape index (κ3) is 5.25. The normalized spacial score (nSPS) is 18.6. The van der Waals surface area contributed by atoms with Crippen LogP contribution in [-0.4, -0.2) is 43.3 Å². The Morgan fingerprint density at radius 3 is 2.75 bits per heavy atom. The second-order valence-corrected chi connectivity index (χ2v) is 10.7. The van der Waals surface area contributed by atoms with E-state index in [2.05, 4.69) is 6.92 Å². The molecule has 2 heterocycles. The number of halogens is 1. The number of amides is 1. The molecule has 1 fully saturated rings. The largest absolute Gasteiger partial charge is 0.335 e. The quantitative estimate of drug-likeness (QED) is 0.579. The van der Waals surface area contributed by atoms with Crippen LogP contribution in [-0.2, 0) is 14.6 Å². The number of hydrogen-bond donors (Lipinski definition) is 0. The number of benzene rings is 1. The summed E-state index contributed by atoms with van der Waals surface area (Å²) in [5.74, 6) is 0.123. The molecule has 1 aromatic heterocycles. The first-order valence-electron chi connectivity index (χ1n) is 9.43. The van der Waals surface area contributed by atoms with E-state index in [-0.39, 0.29) is 23.5 Å². The Balaban J connectivity index is 1.73. The molecule has 28 heavy (non-hydrogen) atoms. The lowest BCUT2D eigenvalue weighted by atomic mass is 10.2. The molecule has 0 bridgehead atoms. The van der Waals surface area contributed by atoms with Crippen LogP contribution in [0.4, 0.5) is 0 Å². The van der Waals surface area contributed by atoms with Gasteiger partial charge in [0.25, 0.3) is 0 Å². The fourth-order valence-electron chi connectivity index (χ4n) is 3.32. The van der Waals surface area contributed by atoms with Crippen LogP contribution in [0.1, 0.15) is 31.1 Å². The van der Waals surface area contributed by atoms with Crippen LogP contribution in [0.5, 0.6) is 0 Å².